The van der Waals surface area contributed by atoms with Crippen molar-refractivity contribution in [3.8, 4) is 11.3 Å². The second-order valence-corrected chi connectivity index (χ2v) is 7.77. The van der Waals surface area contributed by atoms with E-state index in [1.54, 1.807) is 12.1 Å². The van der Waals surface area contributed by atoms with Gasteiger partial charge in [-0.15, -0.1) is 0 Å². The summed E-state index contributed by atoms with van der Waals surface area (Å²) in [5, 5.41) is 0. The molecule has 4 aromatic rings. The molecule has 0 unspecified atom stereocenters. The van der Waals surface area contributed by atoms with Gasteiger partial charge in [0.05, 0.1) is 23.7 Å². The number of methoxy groups -OCH3 is 1. The van der Waals surface area contributed by atoms with Crippen LogP contribution in [0.4, 0.5) is 11.5 Å². The number of nitrogens with zero attached hydrogens (tertiary/aromatic N) is 4. The standard InChI is InChI=1S/C26H24N4O2/c1-32-26(31)20-12-13-22-23(18-20)28-25(24(27-22)19-8-4-2-5-9-19)30-16-14-29(15-17-30)21-10-6-3-7-11-21/h2-13,18H,14-17H2,1H3. The van der Waals surface area contributed by atoms with E-state index in [4.69, 9.17) is 14.7 Å². The number of fused-ring (bicyclic) bond motifs is 1. The molecular formula is C26H24N4O2. The number of hydrogen-bond acceptors (Lipinski definition) is 6. The van der Waals surface area contributed by atoms with E-state index in [0.29, 0.717) is 11.1 Å². The molecule has 1 aliphatic heterocycles. The number of carbonyl (C=O) groups excluding carboxylic acids is 1. The lowest BCUT2D eigenvalue weighted by Gasteiger charge is -2.37. The van der Waals surface area contributed by atoms with E-state index in [9.17, 15) is 4.79 Å². The van der Waals surface area contributed by atoms with Crippen molar-refractivity contribution < 1.29 is 9.53 Å². The molecule has 6 nitrogen and oxygen atoms in total. The van der Waals surface area contributed by atoms with Gasteiger partial charge < -0.3 is 14.5 Å². The fourth-order valence-electron chi connectivity index (χ4n) is 4.12. The van der Waals surface area contributed by atoms with Crippen molar-refractivity contribution in [2.24, 2.45) is 0 Å². The van der Waals surface area contributed by atoms with Crippen LogP contribution in [0, 0.1) is 0 Å². The highest BCUT2D eigenvalue weighted by Crippen LogP contribution is 2.31. The summed E-state index contributed by atoms with van der Waals surface area (Å²) in [7, 11) is 1.38. The fraction of sp³-hybridized carbons (Fsp3) is 0.192. The predicted octanol–water partition coefficient (Wildman–Crippen LogP) is 4.41. The van der Waals surface area contributed by atoms with Gasteiger partial charge in [-0.2, -0.15) is 0 Å². The highest BCUT2D eigenvalue weighted by molar-refractivity contribution is 5.94. The lowest BCUT2D eigenvalue weighted by molar-refractivity contribution is 0.0601. The molecule has 2 heterocycles. The van der Waals surface area contributed by atoms with E-state index in [0.717, 1.165) is 48.8 Å². The third-order valence-electron chi connectivity index (χ3n) is 5.81. The quantitative estimate of drug-likeness (QED) is 0.452. The summed E-state index contributed by atoms with van der Waals surface area (Å²) in [6, 6.07) is 25.9. The van der Waals surface area contributed by atoms with Crippen molar-refractivity contribution in [3.05, 3.63) is 84.4 Å². The SMILES string of the molecule is COC(=O)c1ccc2nc(-c3ccccc3)c(N3CCN(c4ccccc4)CC3)nc2c1. The molecule has 1 saturated heterocycles. The minimum absolute atomic E-state index is 0.376. The molecule has 0 amide bonds. The molecule has 1 fully saturated rings. The Kier molecular flexibility index (Phi) is 5.42. The maximum Gasteiger partial charge on any atom is 0.337 e. The molecule has 6 heteroatoms. The molecule has 0 aliphatic carbocycles. The third kappa shape index (κ3) is 3.87. The number of anilines is 2. The van der Waals surface area contributed by atoms with Crippen molar-refractivity contribution in [2.75, 3.05) is 43.1 Å². The van der Waals surface area contributed by atoms with E-state index in [-0.39, 0.29) is 5.97 Å². The van der Waals surface area contributed by atoms with Gasteiger partial charge in [0.15, 0.2) is 5.82 Å². The molecular weight excluding hydrogens is 400 g/mol. The van der Waals surface area contributed by atoms with Crippen LogP contribution in [0.1, 0.15) is 10.4 Å². The predicted molar refractivity (Wildman–Crippen MR) is 127 cm³/mol. The van der Waals surface area contributed by atoms with Crippen molar-refractivity contribution in [1.29, 1.82) is 0 Å². The number of benzene rings is 3. The fourth-order valence-corrected chi connectivity index (χ4v) is 4.12. The van der Waals surface area contributed by atoms with Crippen LogP contribution in [0.5, 0.6) is 0 Å². The Morgan fingerprint density at radius 2 is 1.44 bits per heavy atom. The summed E-state index contributed by atoms with van der Waals surface area (Å²) >= 11 is 0. The number of aromatic nitrogens is 2. The van der Waals surface area contributed by atoms with Crippen LogP contribution < -0.4 is 9.80 Å². The topological polar surface area (TPSA) is 58.6 Å². The van der Waals surface area contributed by atoms with Crippen LogP contribution >= 0.6 is 0 Å². The zero-order valence-corrected chi connectivity index (χ0v) is 17.9. The van der Waals surface area contributed by atoms with Gasteiger partial charge in [-0.3, -0.25) is 0 Å². The molecule has 0 atom stereocenters. The number of carbonyl (C=O) groups is 1. The molecule has 160 valence electrons. The molecule has 0 saturated carbocycles. The minimum atomic E-state index is -0.376. The first-order valence-corrected chi connectivity index (χ1v) is 10.7. The van der Waals surface area contributed by atoms with Gasteiger partial charge in [0.2, 0.25) is 0 Å². The van der Waals surface area contributed by atoms with Crippen molar-refractivity contribution in [2.45, 2.75) is 0 Å². The average Bonchev–Trinajstić information content (AvgIpc) is 2.88. The van der Waals surface area contributed by atoms with Crippen LogP contribution in [0.15, 0.2) is 78.9 Å². The van der Waals surface area contributed by atoms with Crippen molar-refractivity contribution in [3.63, 3.8) is 0 Å². The monoisotopic (exact) mass is 424 g/mol. The average molecular weight is 425 g/mol. The van der Waals surface area contributed by atoms with Gasteiger partial charge in [-0.25, -0.2) is 14.8 Å². The van der Waals surface area contributed by atoms with Gasteiger partial charge in [-0.1, -0.05) is 48.5 Å². The first-order chi connectivity index (χ1) is 15.7. The Morgan fingerprint density at radius 3 is 2.12 bits per heavy atom. The van der Waals surface area contributed by atoms with E-state index in [1.165, 1.54) is 12.8 Å². The molecule has 5 rings (SSSR count). The van der Waals surface area contributed by atoms with Crippen molar-refractivity contribution in [1.82, 2.24) is 9.97 Å². The Hall–Kier alpha value is -3.93. The first-order valence-electron chi connectivity index (χ1n) is 10.7. The molecule has 0 N–H and O–H groups in total. The van der Waals surface area contributed by atoms with Crippen LogP contribution in [0.25, 0.3) is 22.3 Å². The molecule has 0 radical (unpaired) electrons. The minimum Gasteiger partial charge on any atom is -0.465 e. The third-order valence-corrected chi connectivity index (χ3v) is 5.81. The number of piperazine rings is 1. The van der Waals surface area contributed by atoms with Crippen LogP contribution in [-0.4, -0.2) is 49.2 Å². The van der Waals surface area contributed by atoms with E-state index in [2.05, 4.69) is 46.2 Å². The summed E-state index contributed by atoms with van der Waals surface area (Å²) in [4.78, 5) is 26.6. The number of hydrogen-bond donors (Lipinski definition) is 0. The summed E-state index contributed by atoms with van der Waals surface area (Å²) < 4.78 is 4.88. The Balaban J connectivity index is 1.53. The van der Waals surface area contributed by atoms with Gasteiger partial charge in [0.25, 0.3) is 0 Å². The Labute approximate surface area is 187 Å². The van der Waals surface area contributed by atoms with Gasteiger partial charge >= 0.3 is 5.97 Å². The summed E-state index contributed by atoms with van der Waals surface area (Å²) in [5.74, 6) is 0.470. The normalized spacial score (nSPS) is 13.9. The molecule has 1 aromatic heterocycles. The number of para-hydroxylation sites is 1. The lowest BCUT2D eigenvalue weighted by atomic mass is 10.1. The summed E-state index contributed by atoms with van der Waals surface area (Å²) in [5.41, 5.74) is 5.04. The molecule has 0 bridgehead atoms. The van der Waals surface area contributed by atoms with Crippen LogP contribution in [0.2, 0.25) is 0 Å². The van der Waals surface area contributed by atoms with Gasteiger partial charge in [0.1, 0.15) is 5.69 Å². The number of rotatable bonds is 4. The Bertz CT molecular complexity index is 1240. The van der Waals surface area contributed by atoms with Crippen LogP contribution in [-0.2, 0) is 4.74 Å². The lowest BCUT2D eigenvalue weighted by Crippen LogP contribution is -2.47. The van der Waals surface area contributed by atoms with Crippen molar-refractivity contribution >= 4 is 28.5 Å². The largest absolute Gasteiger partial charge is 0.465 e. The zero-order valence-electron chi connectivity index (χ0n) is 17.9. The second kappa shape index (κ2) is 8.67. The summed E-state index contributed by atoms with van der Waals surface area (Å²) in [6.07, 6.45) is 0. The second-order valence-electron chi connectivity index (χ2n) is 7.77. The molecule has 1 aliphatic rings. The van der Waals surface area contributed by atoms with Crippen LogP contribution in [0.3, 0.4) is 0 Å². The number of esters is 1. The first kappa shape index (κ1) is 20.0. The maximum absolute atomic E-state index is 12.0. The molecule has 3 aromatic carbocycles. The highest BCUT2D eigenvalue weighted by Gasteiger charge is 2.23. The van der Waals surface area contributed by atoms with E-state index >= 15 is 0 Å². The molecule has 0 spiro atoms. The number of ether oxygens (including phenoxy) is 1. The zero-order chi connectivity index (χ0) is 21.9. The molecule has 32 heavy (non-hydrogen) atoms. The van der Waals surface area contributed by atoms with E-state index in [1.807, 2.05) is 30.3 Å². The Morgan fingerprint density at radius 1 is 0.781 bits per heavy atom. The maximum atomic E-state index is 12.0. The van der Waals surface area contributed by atoms with Gasteiger partial charge in [-0.05, 0) is 30.3 Å². The van der Waals surface area contributed by atoms with Gasteiger partial charge in [0, 0.05) is 37.4 Å². The summed E-state index contributed by atoms with van der Waals surface area (Å²) in [6.45, 7) is 3.48. The highest BCUT2D eigenvalue weighted by atomic mass is 16.5. The van der Waals surface area contributed by atoms with E-state index < -0.39 is 0 Å². The smallest absolute Gasteiger partial charge is 0.337 e.